The highest BCUT2D eigenvalue weighted by Crippen LogP contribution is 2.21. The molecule has 15 heavy (non-hydrogen) atoms. The lowest BCUT2D eigenvalue weighted by Gasteiger charge is -2.14. The first-order valence-electron chi connectivity index (χ1n) is 4.81. The number of benzene rings is 1. The molecule has 0 heterocycles. The Kier molecular flexibility index (Phi) is 4.43. The summed E-state index contributed by atoms with van der Waals surface area (Å²) in [6, 6.07) is 7.28. The minimum Gasteiger partial charge on any atom is -0.494 e. The van der Waals surface area contributed by atoms with Crippen LogP contribution in [0.25, 0.3) is 0 Å². The normalized spacial score (nSPS) is 9.80. The molecule has 3 nitrogen and oxygen atoms in total. The average Bonchev–Trinajstić information content (AvgIpc) is 2.25. The number of carbonyl (C=O) groups is 1. The number of amides is 1. The summed E-state index contributed by atoms with van der Waals surface area (Å²) in [6.45, 7) is 2.71. The molecule has 0 N–H and O–H groups in total. The van der Waals surface area contributed by atoms with E-state index in [0.717, 1.165) is 17.9 Å². The van der Waals surface area contributed by atoms with Gasteiger partial charge in [0.15, 0.2) is 0 Å². The molecular weight excluding hydrogens is 214 g/mol. The van der Waals surface area contributed by atoms with Crippen molar-refractivity contribution in [1.29, 1.82) is 0 Å². The zero-order chi connectivity index (χ0) is 11.3. The van der Waals surface area contributed by atoms with E-state index in [1.165, 1.54) is 4.90 Å². The van der Waals surface area contributed by atoms with Crippen molar-refractivity contribution >= 4 is 22.7 Å². The molecule has 0 aliphatic carbocycles. The molecule has 0 radical (unpaired) electrons. The maximum absolute atomic E-state index is 10.9. The molecule has 0 spiro atoms. The Balaban J connectivity index is 2.77. The van der Waals surface area contributed by atoms with Crippen LogP contribution in [0.5, 0.6) is 5.75 Å². The van der Waals surface area contributed by atoms with E-state index in [9.17, 15) is 4.79 Å². The third kappa shape index (κ3) is 3.44. The molecule has 1 aromatic rings. The summed E-state index contributed by atoms with van der Waals surface area (Å²) in [7, 11) is 1.62. The number of hydrogen-bond donors (Lipinski definition) is 0. The summed E-state index contributed by atoms with van der Waals surface area (Å²) in [6.07, 6.45) is 0.953. The Bertz CT molecular complexity index is 341. The van der Waals surface area contributed by atoms with Crippen molar-refractivity contribution in [3.05, 3.63) is 24.3 Å². The molecule has 4 heteroatoms. The number of nitrogens with zero attached hydrogens (tertiary/aromatic N) is 1. The lowest BCUT2D eigenvalue weighted by Crippen LogP contribution is -2.19. The van der Waals surface area contributed by atoms with Crippen LogP contribution in [0.1, 0.15) is 13.3 Å². The summed E-state index contributed by atoms with van der Waals surface area (Å²) < 4.78 is 5.44. The van der Waals surface area contributed by atoms with Crippen molar-refractivity contribution in [1.82, 2.24) is 0 Å². The van der Waals surface area contributed by atoms with Crippen molar-refractivity contribution in [3.8, 4) is 5.75 Å². The summed E-state index contributed by atoms with van der Waals surface area (Å²) >= 11 is 5.37. The number of halogens is 1. The lowest BCUT2D eigenvalue weighted by atomic mass is 10.3. The van der Waals surface area contributed by atoms with E-state index in [2.05, 4.69) is 0 Å². The second-order valence-corrected chi connectivity index (χ2v) is 3.48. The Hall–Kier alpha value is -1.22. The van der Waals surface area contributed by atoms with E-state index in [-0.39, 0.29) is 0 Å². The van der Waals surface area contributed by atoms with Gasteiger partial charge in [0.2, 0.25) is 0 Å². The number of hydrogen-bond acceptors (Lipinski definition) is 2. The van der Waals surface area contributed by atoms with Gasteiger partial charge in [0.25, 0.3) is 0 Å². The van der Waals surface area contributed by atoms with Crippen LogP contribution in [0, 0.1) is 0 Å². The third-order valence-electron chi connectivity index (χ3n) is 1.94. The Morgan fingerprint density at radius 3 is 2.87 bits per heavy atom. The number of rotatable bonds is 4. The smallest absolute Gasteiger partial charge is 0.320 e. The van der Waals surface area contributed by atoms with E-state index >= 15 is 0 Å². The van der Waals surface area contributed by atoms with Crippen LogP contribution in [0.3, 0.4) is 0 Å². The Morgan fingerprint density at radius 2 is 2.27 bits per heavy atom. The van der Waals surface area contributed by atoms with Crippen molar-refractivity contribution < 1.29 is 9.53 Å². The number of carbonyl (C=O) groups excluding carboxylic acids is 1. The van der Waals surface area contributed by atoms with Gasteiger partial charge in [0.05, 0.1) is 6.61 Å². The van der Waals surface area contributed by atoms with Crippen LogP contribution >= 0.6 is 11.6 Å². The molecule has 82 valence electrons. The van der Waals surface area contributed by atoms with E-state index < -0.39 is 5.37 Å². The van der Waals surface area contributed by atoms with Gasteiger partial charge < -0.3 is 9.64 Å². The number of ether oxygens (including phenoxy) is 1. The van der Waals surface area contributed by atoms with Gasteiger partial charge in [0, 0.05) is 18.8 Å². The van der Waals surface area contributed by atoms with Gasteiger partial charge in [-0.2, -0.15) is 0 Å². The molecule has 0 aliphatic rings. The summed E-state index contributed by atoms with van der Waals surface area (Å²) in [4.78, 5) is 12.3. The maximum Gasteiger partial charge on any atom is 0.320 e. The highest BCUT2D eigenvalue weighted by molar-refractivity contribution is 6.66. The fourth-order valence-corrected chi connectivity index (χ4v) is 1.20. The molecule has 0 atom stereocenters. The molecule has 0 unspecified atom stereocenters. The maximum atomic E-state index is 10.9. The van der Waals surface area contributed by atoms with Crippen LogP contribution in [-0.2, 0) is 0 Å². The standard InChI is InChI=1S/C11H14ClNO2/c1-3-7-15-10-6-4-5-9(8-10)13(2)11(12)14/h4-6,8H,3,7H2,1-2H3. The highest BCUT2D eigenvalue weighted by Gasteiger charge is 2.07. The first kappa shape index (κ1) is 11.9. The predicted octanol–water partition coefficient (Wildman–Crippen LogP) is 3.27. The lowest BCUT2D eigenvalue weighted by molar-refractivity contribution is 0.265. The van der Waals surface area contributed by atoms with Crippen LogP contribution in [-0.4, -0.2) is 19.0 Å². The van der Waals surface area contributed by atoms with Crippen LogP contribution in [0.4, 0.5) is 10.5 Å². The zero-order valence-corrected chi connectivity index (χ0v) is 9.62. The Morgan fingerprint density at radius 1 is 1.53 bits per heavy atom. The van der Waals surface area contributed by atoms with Crippen LogP contribution < -0.4 is 9.64 Å². The molecule has 1 aromatic carbocycles. The Labute approximate surface area is 94.6 Å². The molecule has 1 amide bonds. The van der Waals surface area contributed by atoms with Crippen LogP contribution in [0.2, 0.25) is 0 Å². The van der Waals surface area contributed by atoms with Gasteiger partial charge in [-0.3, -0.25) is 4.79 Å². The largest absolute Gasteiger partial charge is 0.494 e. The van der Waals surface area contributed by atoms with E-state index in [0.29, 0.717) is 6.61 Å². The predicted molar refractivity (Wildman–Crippen MR) is 61.9 cm³/mol. The monoisotopic (exact) mass is 227 g/mol. The first-order valence-corrected chi connectivity index (χ1v) is 5.19. The fraction of sp³-hybridized carbons (Fsp3) is 0.364. The van der Waals surface area contributed by atoms with Crippen LogP contribution in [0.15, 0.2) is 24.3 Å². The van der Waals surface area contributed by atoms with Gasteiger partial charge in [-0.1, -0.05) is 13.0 Å². The van der Waals surface area contributed by atoms with E-state index in [1.54, 1.807) is 19.2 Å². The van der Waals surface area contributed by atoms with Crippen molar-refractivity contribution in [2.45, 2.75) is 13.3 Å². The van der Waals surface area contributed by atoms with Gasteiger partial charge in [-0.25, -0.2) is 0 Å². The van der Waals surface area contributed by atoms with Gasteiger partial charge >= 0.3 is 5.37 Å². The molecule has 0 aliphatic heterocycles. The molecule has 1 rings (SSSR count). The molecule has 0 bridgehead atoms. The summed E-state index contributed by atoms with van der Waals surface area (Å²) in [5.74, 6) is 0.749. The molecule has 0 saturated carbocycles. The first-order chi connectivity index (χ1) is 7.15. The second kappa shape index (κ2) is 5.61. The molecule has 0 fully saturated rings. The van der Waals surface area contributed by atoms with Gasteiger partial charge in [-0.05, 0) is 30.2 Å². The average molecular weight is 228 g/mol. The van der Waals surface area contributed by atoms with Gasteiger partial charge in [-0.15, -0.1) is 0 Å². The summed E-state index contributed by atoms with van der Waals surface area (Å²) in [5, 5.41) is -0.511. The second-order valence-electron chi connectivity index (χ2n) is 3.16. The SMILES string of the molecule is CCCOc1cccc(N(C)C(=O)Cl)c1. The van der Waals surface area contributed by atoms with Crippen molar-refractivity contribution in [2.75, 3.05) is 18.6 Å². The third-order valence-corrected chi connectivity index (χ3v) is 2.20. The molecule has 0 saturated heterocycles. The van der Waals surface area contributed by atoms with Crippen molar-refractivity contribution in [2.24, 2.45) is 0 Å². The zero-order valence-electron chi connectivity index (χ0n) is 8.87. The van der Waals surface area contributed by atoms with E-state index in [4.69, 9.17) is 16.3 Å². The van der Waals surface area contributed by atoms with Crippen molar-refractivity contribution in [3.63, 3.8) is 0 Å². The number of anilines is 1. The molecule has 0 aromatic heterocycles. The topological polar surface area (TPSA) is 29.5 Å². The van der Waals surface area contributed by atoms with E-state index in [1.807, 2.05) is 19.1 Å². The minimum atomic E-state index is -0.511. The quantitative estimate of drug-likeness (QED) is 0.584. The van der Waals surface area contributed by atoms with Gasteiger partial charge in [0.1, 0.15) is 5.75 Å². The highest BCUT2D eigenvalue weighted by atomic mass is 35.5. The molecular formula is C11H14ClNO2. The fourth-order valence-electron chi connectivity index (χ4n) is 1.10. The minimum absolute atomic E-state index is 0.511. The summed E-state index contributed by atoms with van der Waals surface area (Å²) in [5.41, 5.74) is 0.726.